The van der Waals surface area contributed by atoms with Gasteiger partial charge in [-0.05, 0) is 18.2 Å². The molecule has 8 nitrogen and oxygen atoms in total. The first kappa shape index (κ1) is 11.6. The van der Waals surface area contributed by atoms with Gasteiger partial charge in [0.1, 0.15) is 10.7 Å². The van der Waals surface area contributed by atoms with Gasteiger partial charge >= 0.3 is 5.88 Å². The zero-order valence-electron chi connectivity index (χ0n) is 8.99. The van der Waals surface area contributed by atoms with Gasteiger partial charge in [-0.15, -0.1) is 0 Å². The molecule has 8 heteroatoms. The van der Waals surface area contributed by atoms with Crippen LogP contribution in [0.3, 0.4) is 0 Å². The standard InChI is InChI=1S/C10H8N4O4/c11-8-3-1-6(5-12-8)13-10(15)7-2-4-9(18-7)14(16)17/h1-5H,(H2,11,12)(H,13,15). The number of aromatic nitrogens is 1. The highest BCUT2D eigenvalue weighted by atomic mass is 16.6. The number of nitrogen functional groups attached to an aromatic ring is 1. The smallest absolute Gasteiger partial charge is 0.395 e. The van der Waals surface area contributed by atoms with Gasteiger partial charge in [-0.25, -0.2) is 4.98 Å². The van der Waals surface area contributed by atoms with Gasteiger partial charge in [0.2, 0.25) is 0 Å². The van der Waals surface area contributed by atoms with Crippen LogP contribution in [-0.2, 0) is 0 Å². The van der Waals surface area contributed by atoms with Gasteiger partial charge in [0.05, 0.1) is 18.0 Å². The molecule has 92 valence electrons. The minimum Gasteiger partial charge on any atom is -0.395 e. The third-order valence-electron chi connectivity index (χ3n) is 2.04. The van der Waals surface area contributed by atoms with Crippen LogP contribution in [-0.4, -0.2) is 15.8 Å². The Hall–Kier alpha value is -2.90. The fourth-order valence-electron chi connectivity index (χ4n) is 1.22. The Bertz CT molecular complexity index is 590. The topological polar surface area (TPSA) is 124 Å². The summed E-state index contributed by atoms with van der Waals surface area (Å²) in [5, 5.41) is 12.9. The molecule has 0 spiro atoms. The van der Waals surface area contributed by atoms with E-state index in [-0.39, 0.29) is 5.76 Å². The number of nitro groups is 1. The number of nitrogens with one attached hydrogen (secondary N) is 1. The van der Waals surface area contributed by atoms with Crippen LogP contribution in [0.2, 0.25) is 0 Å². The van der Waals surface area contributed by atoms with E-state index in [4.69, 9.17) is 10.2 Å². The highest BCUT2D eigenvalue weighted by molar-refractivity contribution is 6.02. The maximum atomic E-state index is 11.6. The van der Waals surface area contributed by atoms with Gasteiger partial charge in [-0.3, -0.25) is 14.9 Å². The number of anilines is 2. The van der Waals surface area contributed by atoms with Crippen molar-refractivity contribution in [3.63, 3.8) is 0 Å². The second-order valence-electron chi connectivity index (χ2n) is 3.32. The molecule has 0 aromatic carbocycles. The van der Waals surface area contributed by atoms with Crippen molar-refractivity contribution in [2.24, 2.45) is 0 Å². The van der Waals surface area contributed by atoms with Crippen molar-refractivity contribution in [1.82, 2.24) is 4.98 Å². The van der Waals surface area contributed by atoms with Gasteiger partial charge in [-0.2, -0.15) is 0 Å². The Morgan fingerprint density at radius 2 is 2.17 bits per heavy atom. The van der Waals surface area contributed by atoms with E-state index < -0.39 is 16.7 Å². The first-order valence-corrected chi connectivity index (χ1v) is 4.83. The Morgan fingerprint density at radius 1 is 1.39 bits per heavy atom. The summed E-state index contributed by atoms with van der Waals surface area (Å²) in [6, 6.07) is 5.39. The molecule has 0 aliphatic heterocycles. The molecular weight excluding hydrogens is 240 g/mol. The third kappa shape index (κ3) is 2.43. The van der Waals surface area contributed by atoms with Crippen molar-refractivity contribution in [3.8, 4) is 0 Å². The second kappa shape index (κ2) is 4.53. The molecule has 18 heavy (non-hydrogen) atoms. The first-order valence-electron chi connectivity index (χ1n) is 4.83. The molecule has 0 bridgehead atoms. The van der Waals surface area contributed by atoms with Crippen molar-refractivity contribution in [2.45, 2.75) is 0 Å². The average Bonchev–Trinajstić information content (AvgIpc) is 2.81. The Kier molecular flexibility index (Phi) is 2.92. The predicted octanol–water partition coefficient (Wildman–Crippen LogP) is 1.42. The lowest BCUT2D eigenvalue weighted by Gasteiger charge is -2.01. The number of nitrogens with zero attached hydrogens (tertiary/aromatic N) is 2. The maximum Gasteiger partial charge on any atom is 0.433 e. The van der Waals surface area contributed by atoms with Crippen LogP contribution in [0.25, 0.3) is 0 Å². The number of hydrogen-bond acceptors (Lipinski definition) is 6. The summed E-state index contributed by atoms with van der Waals surface area (Å²) in [4.78, 5) is 25.1. The molecule has 0 saturated heterocycles. The number of furan rings is 1. The molecule has 1 amide bonds. The fraction of sp³-hybridized carbons (Fsp3) is 0. The zero-order valence-corrected chi connectivity index (χ0v) is 8.99. The van der Waals surface area contributed by atoms with Crippen molar-refractivity contribution in [2.75, 3.05) is 11.1 Å². The van der Waals surface area contributed by atoms with Crippen LogP contribution in [0.4, 0.5) is 17.4 Å². The first-order chi connectivity index (χ1) is 8.56. The van der Waals surface area contributed by atoms with Crippen molar-refractivity contribution < 1.29 is 14.1 Å². The van der Waals surface area contributed by atoms with Crippen molar-refractivity contribution >= 4 is 23.3 Å². The number of carbonyl (C=O) groups excluding carboxylic acids is 1. The number of hydrogen-bond donors (Lipinski definition) is 2. The summed E-state index contributed by atoms with van der Waals surface area (Å²) < 4.78 is 4.75. The van der Waals surface area contributed by atoms with Gasteiger partial charge in [0.15, 0.2) is 5.76 Å². The van der Waals surface area contributed by atoms with Crippen LogP contribution >= 0.6 is 0 Å². The van der Waals surface area contributed by atoms with Gasteiger partial charge in [0, 0.05) is 0 Å². The second-order valence-corrected chi connectivity index (χ2v) is 3.32. The number of carbonyl (C=O) groups is 1. The molecule has 0 atom stereocenters. The van der Waals surface area contributed by atoms with Gasteiger partial charge in [-0.1, -0.05) is 0 Å². The van der Waals surface area contributed by atoms with Crippen LogP contribution in [0, 0.1) is 10.1 Å². The number of amides is 1. The average molecular weight is 248 g/mol. The lowest BCUT2D eigenvalue weighted by molar-refractivity contribution is -0.402. The summed E-state index contributed by atoms with van der Waals surface area (Å²) in [6.45, 7) is 0. The number of nitrogens with two attached hydrogens (primary N) is 1. The minimum atomic E-state index is -0.721. The highest BCUT2D eigenvalue weighted by Crippen LogP contribution is 2.17. The number of pyridine rings is 1. The van der Waals surface area contributed by atoms with Gasteiger partial charge < -0.3 is 15.5 Å². The molecule has 2 heterocycles. The monoisotopic (exact) mass is 248 g/mol. The summed E-state index contributed by atoms with van der Waals surface area (Å²) in [7, 11) is 0. The summed E-state index contributed by atoms with van der Waals surface area (Å²) in [5.74, 6) is -0.926. The van der Waals surface area contributed by atoms with Crippen LogP contribution < -0.4 is 11.1 Å². The van der Waals surface area contributed by atoms with E-state index in [1.165, 1.54) is 18.3 Å². The van der Waals surface area contributed by atoms with E-state index in [0.717, 1.165) is 6.07 Å². The third-order valence-corrected chi connectivity index (χ3v) is 2.04. The van der Waals surface area contributed by atoms with E-state index in [1.807, 2.05) is 0 Å². The Balaban J connectivity index is 2.11. The van der Waals surface area contributed by atoms with Crippen molar-refractivity contribution in [1.29, 1.82) is 0 Å². The molecule has 0 aliphatic rings. The Morgan fingerprint density at radius 3 is 2.72 bits per heavy atom. The maximum absolute atomic E-state index is 11.6. The summed E-state index contributed by atoms with van der Waals surface area (Å²) >= 11 is 0. The summed E-state index contributed by atoms with van der Waals surface area (Å²) in [6.07, 6.45) is 1.37. The van der Waals surface area contributed by atoms with E-state index >= 15 is 0 Å². The molecule has 2 aromatic rings. The molecular formula is C10H8N4O4. The molecule has 2 rings (SSSR count). The number of rotatable bonds is 3. The highest BCUT2D eigenvalue weighted by Gasteiger charge is 2.17. The normalized spacial score (nSPS) is 10.0. The minimum absolute atomic E-state index is 0.154. The fourth-order valence-corrected chi connectivity index (χ4v) is 1.22. The van der Waals surface area contributed by atoms with Crippen LogP contribution in [0.1, 0.15) is 10.6 Å². The van der Waals surface area contributed by atoms with E-state index in [2.05, 4.69) is 10.3 Å². The lowest BCUT2D eigenvalue weighted by atomic mass is 10.3. The van der Waals surface area contributed by atoms with E-state index in [9.17, 15) is 14.9 Å². The van der Waals surface area contributed by atoms with E-state index in [1.54, 1.807) is 6.07 Å². The molecule has 0 fully saturated rings. The van der Waals surface area contributed by atoms with Crippen molar-refractivity contribution in [3.05, 3.63) is 46.3 Å². The molecule has 0 unspecified atom stereocenters. The molecule has 0 radical (unpaired) electrons. The molecule has 3 N–H and O–H groups in total. The van der Waals surface area contributed by atoms with Crippen LogP contribution in [0.5, 0.6) is 0 Å². The molecule has 0 saturated carbocycles. The SMILES string of the molecule is Nc1ccc(NC(=O)c2ccc([N+](=O)[O-])o2)cn1. The zero-order chi connectivity index (χ0) is 13.1. The molecule has 0 aliphatic carbocycles. The van der Waals surface area contributed by atoms with E-state index in [0.29, 0.717) is 11.5 Å². The quantitative estimate of drug-likeness (QED) is 0.625. The summed E-state index contributed by atoms with van der Waals surface area (Å²) in [5.41, 5.74) is 5.80. The van der Waals surface area contributed by atoms with Crippen LogP contribution in [0.15, 0.2) is 34.9 Å². The van der Waals surface area contributed by atoms with Gasteiger partial charge in [0.25, 0.3) is 5.91 Å². The molecule has 2 aromatic heterocycles. The Labute approximate surface area is 101 Å². The lowest BCUT2D eigenvalue weighted by Crippen LogP contribution is -2.11. The largest absolute Gasteiger partial charge is 0.433 e. The predicted molar refractivity (Wildman–Crippen MR) is 62.0 cm³/mol.